The number of nitrogens with zero attached hydrogens (tertiary/aromatic N) is 1. The number of hydrogen-bond donors (Lipinski definition) is 2. The van der Waals surface area contributed by atoms with Crippen LogP contribution in [0.25, 0.3) is 0 Å². The third-order valence-electron chi connectivity index (χ3n) is 3.31. The molecule has 4 nitrogen and oxygen atoms in total. The molecule has 1 rings (SSSR count). The zero-order chi connectivity index (χ0) is 11.4. The van der Waals surface area contributed by atoms with Gasteiger partial charge < -0.3 is 15.7 Å². The predicted molar refractivity (Wildman–Crippen MR) is 59.2 cm³/mol. The maximum Gasteiger partial charge on any atom is 0.226 e. The van der Waals surface area contributed by atoms with E-state index in [-0.39, 0.29) is 24.5 Å². The van der Waals surface area contributed by atoms with Gasteiger partial charge in [0.25, 0.3) is 0 Å². The fourth-order valence-electron chi connectivity index (χ4n) is 1.96. The second kappa shape index (κ2) is 5.47. The predicted octanol–water partition coefficient (Wildman–Crippen LogP) is 0.201. The molecule has 1 aliphatic rings. The number of aliphatic hydroxyl groups excluding tert-OH is 1. The van der Waals surface area contributed by atoms with Gasteiger partial charge in [-0.05, 0) is 25.7 Å². The Hall–Kier alpha value is -0.610. The van der Waals surface area contributed by atoms with E-state index in [0.717, 1.165) is 25.9 Å². The van der Waals surface area contributed by atoms with Gasteiger partial charge in [-0.1, -0.05) is 6.92 Å². The van der Waals surface area contributed by atoms with Crippen molar-refractivity contribution < 1.29 is 9.90 Å². The van der Waals surface area contributed by atoms with Crippen LogP contribution in [0.3, 0.4) is 0 Å². The minimum Gasteiger partial charge on any atom is -0.396 e. The highest BCUT2D eigenvalue weighted by Crippen LogP contribution is 2.21. The summed E-state index contributed by atoms with van der Waals surface area (Å²) >= 11 is 0. The Labute approximate surface area is 91.4 Å². The smallest absolute Gasteiger partial charge is 0.226 e. The van der Waals surface area contributed by atoms with Crippen molar-refractivity contribution in [1.82, 2.24) is 4.90 Å². The van der Waals surface area contributed by atoms with Crippen molar-refractivity contribution in [3.05, 3.63) is 0 Å². The molecule has 1 aliphatic heterocycles. The van der Waals surface area contributed by atoms with E-state index < -0.39 is 0 Å². The summed E-state index contributed by atoms with van der Waals surface area (Å²) in [6, 6.07) is -0.0885. The summed E-state index contributed by atoms with van der Waals surface area (Å²) < 4.78 is 0. The summed E-state index contributed by atoms with van der Waals surface area (Å²) in [4.78, 5) is 13.8. The molecule has 0 aromatic carbocycles. The van der Waals surface area contributed by atoms with E-state index in [1.807, 2.05) is 18.7 Å². The van der Waals surface area contributed by atoms with E-state index in [1.54, 1.807) is 0 Å². The van der Waals surface area contributed by atoms with Crippen LogP contribution in [0.15, 0.2) is 0 Å². The van der Waals surface area contributed by atoms with E-state index in [0.29, 0.717) is 5.92 Å². The van der Waals surface area contributed by atoms with Crippen molar-refractivity contribution in [2.24, 2.45) is 17.6 Å². The lowest BCUT2D eigenvalue weighted by molar-refractivity contribution is -0.134. The number of carbonyl (C=O) groups is 1. The summed E-state index contributed by atoms with van der Waals surface area (Å²) in [7, 11) is 0. The van der Waals surface area contributed by atoms with Crippen molar-refractivity contribution in [3.63, 3.8) is 0 Å². The molecule has 3 unspecified atom stereocenters. The topological polar surface area (TPSA) is 66.6 Å². The van der Waals surface area contributed by atoms with Crippen molar-refractivity contribution in [2.75, 3.05) is 19.7 Å². The molecular weight excluding hydrogens is 192 g/mol. The number of carbonyl (C=O) groups excluding carboxylic acids is 1. The quantitative estimate of drug-likeness (QED) is 0.702. The highest BCUT2D eigenvalue weighted by molar-refractivity contribution is 5.79. The summed E-state index contributed by atoms with van der Waals surface area (Å²) in [5.41, 5.74) is 5.71. The zero-order valence-corrected chi connectivity index (χ0v) is 9.65. The zero-order valence-electron chi connectivity index (χ0n) is 9.65. The van der Waals surface area contributed by atoms with Crippen LogP contribution in [0.5, 0.6) is 0 Å². The molecule has 1 amide bonds. The van der Waals surface area contributed by atoms with Crippen LogP contribution in [0.2, 0.25) is 0 Å². The van der Waals surface area contributed by atoms with Crippen LogP contribution in [0, 0.1) is 11.8 Å². The molecule has 15 heavy (non-hydrogen) atoms. The van der Waals surface area contributed by atoms with Crippen molar-refractivity contribution >= 4 is 5.91 Å². The van der Waals surface area contributed by atoms with Gasteiger partial charge in [0.05, 0.1) is 5.92 Å². The van der Waals surface area contributed by atoms with Crippen molar-refractivity contribution in [1.29, 1.82) is 0 Å². The molecule has 88 valence electrons. The molecule has 1 fully saturated rings. The minimum atomic E-state index is -0.0992. The van der Waals surface area contributed by atoms with Crippen LogP contribution in [0.1, 0.15) is 26.7 Å². The second-order valence-corrected chi connectivity index (χ2v) is 4.60. The Morgan fingerprint density at radius 2 is 2.27 bits per heavy atom. The fourth-order valence-corrected chi connectivity index (χ4v) is 1.96. The van der Waals surface area contributed by atoms with Crippen molar-refractivity contribution in [3.8, 4) is 0 Å². The molecule has 1 heterocycles. The maximum atomic E-state index is 11.9. The third-order valence-corrected chi connectivity index (χ3v) is 3.31. The van der Waals surface area contributed by atoms with Gasteiger partial charge in [-0.15, -0.1) is 0 Å². The highest BCUT2D eigenvalue weighted by atomic mass is 16.3. The Bertz CT molecular complexity index is 219. The summed E-state index contributed by atoms with van der Waals surface area (Å²) in [5.74, 6) is 0.530. The first-order valence-electron chi connectivity index (χ1n) is 5.71. The van der Waals surface area contributed by atoms with Gasteiger partial charge in [0.15, 0.2) is 0 Å². The molecule has 0 spiro atoms. The maximum absolute atomic E-state index is 11.9. The van der Waals surface area contributed by atoms with Gasteiger partial charge in [0.1, 0.15) is 0 Å². The molecule has 0 aromatic heterocycles. The van der Waals surface area contributed by atoms with Crippen LogP contribution in [-0.4, -0.2) is 41.7 Å². The summed E-state index contributed by atoms with van der Waals surface area (Å²) in [5, 5.41) is 8.83. The SMILES string of the molecule is CC(N)C(C)C(=O)N1CCC(CCO)C1. The number of rotatable bonds is 4. The van der Waals surface area contributed by atoms with E-state index in [2.05, 4.69) is 0 Å². The molecule has 3 atom stereocenters. The molecular formula is C11H22N2O2. The van der Waals surface area contributed by atoms with Crippen LogP contribution >= 0.6 is 0 Å². The number of nitrogens with two attached hydrogens (primary N) is 1. The van der Waals surface area contributed by atoms with Crippen molar-refractivity contribution in [2.45, 2.75) is 32.7 Å². The molecule has 4 heteroatoms. The fraction of sp³-hybridized carbons (Fsp3) is 0.909. The Morgan fingerprint density at radius 1 is 1.60 bits per heavy atom. The third kappa shape index (κ3) is 3.18. The lowest BCUT2D eigenvalue weighted by Gasteiger charge is -2.23. The number of amides is 1. The van der Waals surface area contributed by atoms with E-state index in [1.165, 1.54) is 0 Å². The van der Waals surface area contributed by atoms with Gasteiger partial charge in [-0.3, -0.25) is 4.79 Å². The molecule has 0 bridgehead atoms. The number of likely N-dealkylation sites (tertiary alicyclic amines) is 1. The van der Waals surface area contributed by atoms with Crippen LogP contribution in [0.4, 0.5) is 0 Å². The first-order chi connectivity index (χ1) is 7.06. The lowest BCUT2D eigenvalue weighted by Crippen LogP contribution is -2.40. The molecule has 0 aliphatic carbocycles. The molecule has 3 N–H and O–H groups in total. The molecule has 0 saturated carbocycles. The second-order valence-electron chi connectivity index (χ2n) is 4.60. The molecule has 0 aromatic rings. The Balaban J connectivity index is 2.43. The van der Waals surface area contributed by atoms with E-state index in [9.17, 15) is 4.79 Å². The normalized spacial score (nSPS) is 25.3. The Morgan fingerprint density at radius 3 is 2.80 bits per heavy atom. The first-order valence-corrected chi connectivity index (χ1v) is 5.71. The average Bonchev–Trinajstić information content (AvgIpc) is 2.64. The van der Waals surface area contributed by atoms with Gasteiger partial charge in [0, 0.05) is 25.7 Å². The lowest BCUT2D eigenvalue weighted by atomic mass is 10.0. The van der Waals surface area contributed by atoms with Gasteiger partial charge in [-0.2, -0.15) is 0 Å². The van der Waals surface area contributed by atoms with Gasteiger partial charge in [-0.25, -0.2) is 0 Å². The summed E-state index contributed by atoms with van der Waals surface area (Å²) in [6.07, 6.45) is 1.81. The molecule has 1 saturated heterocycles. The van der Waals surface area contributed by atoms with E-state index >= 15 is 0 Å². The largest absolute Gasteiger partial charge is 0.396 e. The van der Waals surface area contributed by atoms with Crippen LogP contribution in [-0.2, 0) is 4.79 Å². The van der Waals surface area contributed by atoms with E-state index in [4.69, 9.17) is 10.8 Å². The monoisotopic (exact) mass is 214 g/mol. The number of aliphatic hydroxyl groups is 1. The van der Waals surface area contributed by atoms with Crippen LogP contribution < -0.4 is 5.73 Å². The Kier molecular flexibility index (Phi) is 4.54. The number of hydrogen-bond acceptors (Lipinski definition) is 3. The first kappa shape index (κ1) is 12.5. The highest BCUT2D eigenvalue weighted by Gasteiger charge is 2.29. The minimum absolute atomic E-state index is 0.0885. The van der Waals surface area contributed by atoms with Gasteiger partial charge >= 0.3 is 0 Å². The average molecular weight is 214 g/mol. The molecule has 0 radical (unpaired) electrons. The summed E-state index contributed by atoms with van der Waals surface area (Å²) in [6.45, 7) is 5.57. The standard InChI is InChI=1S/C11H22N2O2/c1-8(9(2)12)11(15)13-5-3-10(7-13)4-6-14/h8-10,14H,3-7,12H2,1-2H3. The van der Waals surface area contributed by atoms with Gasteiger partial charge in [0.2, 0.25) is 5.91 Å².